The van der Waals surface area contributed by atoms with E-state index in [-0.39, 0.29) is 11.6 Å². The Balaban J connectivity index is 2.50. The molecule has 3 heteroatoms. The van der Waals surface area contributed by atoms with Gasteiger partial charge in [0.1, 0.15) is 5.82 Å². The topological polar surface area (TPSA) is 29.5 Å². The fourth-order valence-electron chi connectivity index (χ4n) is 1.71. The zero-order valence-electron chi connectivity index (χ0n) is 9.70. The number of phenols is 1. The van der Waals surface area contributed by atoms with Gasteiger partial charge in [-0.1, -0.05) is 18.2 Å². The summed E-state index contributed by atoms with van der Waals surface area (Å²) in [7, 11) is 1.47. The summed E-state index contributed by atoms with van der Waals surface area (Å²) >= 11 is 0. The van der Waals surface area contributed by atoms with Crippen LogP contribution in [0.25, 0.3) is 11.1 Å². The standard InChI is InChI=1S/C14H13FO2/c1-9-3-5-11(12(15)7-9)10-4-6-14(17-2)13(16)8-10/h3-8,16H,1-2H3. The summed E-state index contributed by atoms with van der Waals surface area (Å²) in [6, 6.07) is 9.82. The van der Waals surface area contributed by atoms with Crippen LogP contribution in [0.15, 0.2) is 36.4 Å². The molecule has 0 unspecified atom stereocenters. The van der Waals surface area contributed by atoms with E-state index in [1.807, 2.05) is 13.0 Å². The molecule has 0 heterocycles. The molecule has 0 aliphatic carbocycles. The van der Waals surface area contributed by atoms with Crippen LogP contribution in [-0.2, 0) is 0 Å². The van der Waals surface area contributed by atoms with Crippen molar-refractivity contribution in [2.75, 3.05) is 7.11 Å². The zero-order valence-corrected chi connectivity index (χ0v) is 9.70. The smallest absolute Gasteiger partial charge is 0.160 e. The number of halogens is 1. The number of aryl methyl sites for hydroxylation is 1. The lowest BCUT2D eigenvalue weighted by molar-refractivity contribution is 0.373. The van der Waals surface area contributed by atoms with Crippen LogP contribution < -0.4 is 4.74 Å². The summed E-state index contributed by atoms with van der Waals surface area (Å²) in [5.41, 5.74) is 1.96. The Labute approximate surface area is 99.3 Å². The first-order chi connectivity index (χ1) is 8.11. The van der Waals surface area contributed by atoms with Gasteiger partial charge in [-0.2, -0.15) is 0 Å². The monoisotopic (exact) mass is 232 g/mol. The van der Waals surface area contributed by atoms with Crippen molar-refractivity contribution in [2.24, 2.45) is 0 Å². The highest BCUT2D eigenvalue weighted by Gasteiger charge is 2.08. The number of methoxy groups -OCH3 is 1. The van der Waals surface area contributed by atoms with E-state index in [0.717, 1.165) is 5.56 Å². The predicted octanol–water partition coefficient (Wildman–Crippen LogP) is 3.52. The maximum Gasteiger partial charge on any atom is 0.160 e. The van der Waals surface area contributed by atoms with Gasteiger partial charge in [0.25, 0.3) is 0 Å². The van der Waals surface area contributed by atoms with Gasteiger partial charge in [0.15, 0.2) is 11.5 Å². The molecule has 0 saturated carbocycles. The average Bonchev–Trinajstić information content (AvgIpc) is 2.29. The molecule has 2 rings (SSSR count). The molecule has 0 spiro atoms. The van der Waals surface area contributed by atoms with Crippen LogP contribution in [0.2, 0.25) is 0 Å². The molecule has 88 valence electrons. The number of phenolic OH excluding ortho intramolecular Hbond substituents is 1. The largest absolute Gasteiger partial charge is 0.504 e. The van der Waals surface area contributed by atoms with Crippen LogP contribution in [0.5, 0.6) is 11.5 Å². The first-order valence-electron chi connectivity index (χ1n) is 5.25. The van der Waals surface area contributed by atoms with Crippen molar-refractivity contribution in [3.63, 3.8) is 0 Å². The molecule has 0 amide bonds. The summed E-state index contributed by atoms with van der Waals surface area (Å²) in [6.07, 6.45) is 0. The van der Waals surface area contributed by atoms with E-state index in [9.17, 15) is 9.50 Å². The van der Waals surface area contributed by atoms with Gasteiger partial charge in [-0.25, -0.2) is 4.39 Å². The van der Waals surface area contributed by atoms with Crippen LogP contribution in [0.1, 0.15) is 5.56 Å². The van der Waals surface area contributed by atoms with E-state index >= 15 is 0 Å². The minimum absolute atomic E-state index is 0.00461. The average molecular weight is 232 g/mol. The molecule has 0 aliphatic rings. The first-order valence-corrected chi connectivity index (χ1v) is 5.25. The van der Waals surface area contributed by atoms with Gasteiger partial charge in [0.05, 0.1) is 7.11 Å². The van der Waals surface area contributed by atoms with Crippen molar-refractivity contribution in [1.29, 1.82) is 0 Å². The molecule has 0 aromatic heterocycles. The van der Waals surface area contributed by atoms with Crippen molar-refractivity contribution < 1.29 is 14.2 Å². The molecule has 0 fully saturated rings. The van der Waals surface area contributed by atoms with E-state index in [2.05, 4.69) is 0 Å². The van der Waals surface area contributed by atoms with Crippen LogP contribution in [0.3, 0.4) is 0 Å². The second-order valence-electron chi connectivity index (χ2n) is 3.87. The van der Waals surface area contributed by atoms with Gasteiger partial charge in [-0.05, 0) is 36.2 Å². The Bertz CT molecular complexity index is 550. The SMILES string of the molecule is COc1ccc(-c2ccc(C)cc2F)cc1O. The summed E-state index contributed by atoms with van der Waals surface area (Å²) < 4.78 is 18.7. The fourth-order valence-corrected chi connectivity index (χ4v) is 1.71. The first kappa shape index (κ1) is 11.5. The van der Waals surface area contributed by atoms with Gasteiger partial charge in [-0.3, -0.25) is 0 Å². The Morgan fingerprint density at radius 1 is 1.12 bits per heavy atom. The fraction of sp³-hybridized carbons (Fsp3) is 0.143. The molecule has 2 nitrogen and oxygen atoms in total. The minimum atomic E-state index is -0.297. The van der Waals surface area contributed by atoms with Crippen molar-refractivity contribution in [2.45, 2.75) is 6.92 Å². The van der Waals surface area contributed by atoms with Gasteiger partial charge >= 0.3 is 0 Å². The van der Waals surface area contributed by atoms with Crippen LogP contribution in [0.4, 0.5) is 4.39 Å². The zero-order chi connectivity index (χ0) is 12.4. The van der Waals surface area contributed by atoms with Crippen LogP contribution in [-0.4, -0.2) is 12.2 Å². The lowest BCUT2D eigenvalue weighted by Gasteiger charge is -2.07. The second kappa shape index (κ2) is 4.45. The van der Waals surface area contributed by atoms with Gasteiger partial charge in [0.2, 0.25) is 0 Å². The Morgan fingerprint density at radius 2 is 1.88 bits per heavy atom. The number of ether oxygens (including phenoxy) is 1. The molecular weight excluding hydrogens is 219 g/mol. The van der Waals surface area contributed by atoms with Crippen LogP contribution in [0, 0.1) is 12.7 Å². The van der Waals surface area contributed by atoms with Crippen molar-refractivity contribution in [3.8, 4) is 22.6 Å². The van der Waals surface area contributed by atoms with Crippen molar-refractivity contribution in [3.05, 3.63) is 47.8 Å². The third-order valence-electron chi connectivity index (χ3n) is 2.61. The van der Waals surface area contributed by atoms with Gasteiger partial charge < -0.3 is 9.84 Å². The quantitative estimate of drug-likeness (QED) is 0.858. The molecule has 0 radical (unpaired) electrons. The molecule has 0 saturated heterocycles. The van der Waals surface area contributed by atoms with E-state index in [1.54, 1.807) is 18.2 Å². The number of benzene rings is 2. The minimum Gasteiger partial charge on any atom is -0.504 e. The molecule has 17 heavy (non-hydrogen) atoms. The third-order valence-corrected chi connectivity index (χ3v) is 2.61. The normalized spacial score (nSPS) is 10.3. The van der Waals surface area contributed by atoms with Crippen molar-refractivity contribution in [1.82, 2.24) is 0 Å². The molecule has 2 aromatic rings. The number of aromatic hydroxyl groups is 1. The Morgan fingerprint density at radius 3 is 2.47 bits per heavy atom. The predicted molar refractivity (Wildman–Crippen MR) is 64.8 cm³/mol. The maximum absolute atomic E-state index is 13.7. The molecule has 0 bridgehead atoms. The summed E-state index contributed by atoms with van der Waals surface area (Å²) in [4.78, 5) is 0. The van der Waals surface area contributed by atoms with Crippen LogP contribution >= 0.6 is 0 Å². The van der Waals surface area contributed by atoms with E-state index in [1.165, 1.54) is 19.2 Å². The highest BCUT2D eigenvalue weighted by Crippen LogP contribution is 2.32. The lowest BCUT2D eigenvalue weighted by Crippen LogP contribution is -1.88. The van der Waals surface area contributed by atoms with Crippen molar-refractivity contribution >= 4 is 0 Å². The van der Waals surface area contributed by atoms with Gasteiger partial charge in [-0.15, -0.1) is 0 Å². The molecule has 0 atom stereocenters. The Hall–Kier alpha value is -2.03. The van der Waals surface area contributed by atoms with E-state index < -0.39 is 0 Å². The highest BCUT2D eigenvalue weighted by atomic mass is 19.1. The number of hydrogen-bond acceptors (Lipinski definition) is 2. The molecular formula is C14H13FO2. The summed E-state index contributed by atoms with van der Waals surface area (Å²) in [5.74, 6) is 0.0841. The number of hydrogen-bond donors (Lipinski definition) is 1. The number of rotatable bonds is 2. The Kier molecular flexibility index (Phi) is 3.00. The maximum atomic E-state index is 13.7. The molecule has 1 N–H and O–H groups in total. The molecule has 0 aliphatic heterocycles. The van der Waals surface area contributed by atoms with E-state index in [4.69, 9.17) is 4.74 Å². The third kappa shape index (κ3) is 2.23. The van der Waals surface area contributed by atoms with E-state index in [0.29, 0.717) is 16.9 Å². The molecule has 2 aromatic carbocycles. The second-order valence-corrected chi connectivity index (χ2v) is 3.87. The van der Waals surface area contributed by atoms with Gasteiger partial charge in [0, 0.05) is 5.56 Å². The summed E-state index contributed by atoms with van der Waals surface area (Å²) in [6.45, 7) is 1.83. The highest BCUT2D eigenvalue weighted by molar-refractivity contribution is 5.67. The summed E-state index contributed by atoms with van der Waals surface area (Å²) in [5, 5.41) is 9.65. The lowest BCUT2D eigenvalue weighted by atomic mass is 10.0.